The van der Waals surface area contributed by atoms with Gasteiger partial charge in [-0.2, -0.15) is 5.10 Å². The van der Waals surface area contributed by atoms with Crippen molar-refractivity contribution in [2.24, 2.45) is 5.73 Å². The Morgan fingerprint density at radius 3 is 2.95 bits per heavy atom. The molecule has 0 bridgehead atoms. The summed E-state index contributed by atoms with van der Waals surface area (Å²) in [6, 6.07) is 0.0412. The van der Waals surface area contributed by atoms with Gasteiger partial charge in [-0.25, -0.2) is 4.98 Å². The van der Waals surface area contributed by atoms with Gasteiger partial charge in [-0.15, -0.1) is 0 Å². The highest BCUT2D eigenvalue weighted by molar-refractivity contribution is 5.84. The van der Waals surface area contributed by atoms with Crippen LogP contribution in [0.2, 0.25) is 0 Å². The molecule has 2 heterocycles. The molecule has 1 saturated heterocycles. The molecule has 1 atom stereocenters. The number of nitrogens with one attached hydrogen (secondary N) is 1. The molecule has 2 rings (SSSR count). The van der Waals surface area contributed by atoms with Crippen LogP contribution in [0.1, 0.15) is 19.3 Å². The van der Waals surface area contributed by atoms with Gasteiger partial charge in [0.25, 0.3) is 0 Å². The Morgan fingerprint density at radius 2 is 2.35 bits per heavy atom. The maximum absolute atomic E-state index is 12.3. The van der Waals surface area contributed by atoms with Crippen LogP contribution in [-0.4, -0.2) is 57.2 Å². The average Bonchev–Trinajstić information content (AvgIpc) is 2.96. The third-order valence-electron chi connectivity index (χ3n) is 3.38. The third-order valence-corrected chi connectivity index (χ3v) is 3.38. The molecule has 8 heteroatoms. The molecule has 110 valence electrons. The van der Waals surface area contributed by atoms with Gasteiger partial charge < -0.3 is 16.0 Å². The second-order valence-electron chi connectivity index (χ2n) is 4.90. The van der Waals surface area contributed by atoms with E-state index in [1.54, 1.807) is 15.9 Å². The molecule has 3 N–H and O–H groups in total. The fraction of sp³-hybridized carbons (Fsp3) is 0.667. The standard InChI is InChI=1S/C12H20N6O2/c13-11(19)7-18(10-2-1-4-14-6-10)12(20)3-5-17-9-15-8-16-17/h8-10,14H,1-7H2,(H2,13,19). The predicted octanol–water partition coefficient (Wildman–Crippen LogP) is -1.27. The molecule has 20 heavy (non-hydrogen) atoms. The van der Waals surface area contributed by atoms with Crippen LogP contribution in [0.4, 0.5) is 0 Å². The number of nitrogens with two attached hydrogens (primary N) is 1. The number of aromatic nitrogens is 3. The maximum atomic E-state index is 12.3. The number of carbonyl (C=O) groups is 2. The first-order chi connectivity index (χ1) is 9.66. The average molecular weight is 280 g/mol. The minimum absolute atomic E-state index is 0.0253. The van der Waals surface area contributed by atoms with Gasteiger partial charge in [0.05, 0.1) is 13.1 Å². The van der Waals surface area contributed by atoms with E-state index in [-0.39, 0.29) is 24.9 Å². The van der Waals surface area contributed by atoms with Crippen LogP contribution in [0.3, 0.4) is 0 Å². The smallest absolute Gasteiger partial charge is 0.237 e. The van der Waals surface area contributed by atoms with Crippen molar-refractivity contribution >= 4 is 11.8 Å². The third kappa shape index (κ3) is 4.02. The first kappa shape index (κ1) is 14.4. The van der Waals surface area contributed by atoms with Crippen molar-refractivity contribution in [2.75, 3.05) is 19.6 Å². The molecule has 0 spiro atoms. The molecule has 1 aliphatic rings. The van der Waals surface area contributed by atoms with Crippen molar-refractivity contribution in [3.63, 3.8) is 0 Å². The lowest BCUT2D eigenvalue weighted by Crippen LogP contribution is -2.51. The monoisotopic (exact) mass is 280 g/mol. The van der Waals surface area contributed by atoms with Gasteiger partial charge in [-0.1, -0.05) is 0 Å². The number of hydrogen-bond donors (Lipinski definition) is 2. The molecule has 1 fully saturated rings. The van der Waals surface area contributed by atoms with E-state index in [1.807, 2.05) is 0 Å². The highest BCUT2D eigenvalue weighted by Gasteiger charge is 2.26. The highest BCUT2D eigenvalue weighted by atomic mass is 16.2. The zero-order valence-corrected chi connectivity index (χ0v) is 11.4. The summed E-state index contributed by atoms with van der Waals surface area (Å²) < 4.78 is 1.60. The summed E-state index contributed by atoms with van der Waals surface area (Å²) >= 11 is 0. The molecule has 0 aromatic carbocycles. The van der Waals surface area contributed by atoms with E-state index in [0.29, 0.717) is 13.1 Å². The van der Waals surface area contributed by atoms with Gasteiger partial charge in [-0.3, -0.25) is 14.3 Å². The Morgan fingerprint density at radius 1 is 1.50 bits per heavy atom. The second-order valence-corrected chi connectivity index (χ2v) is 4.90. The molecule has 8 nitrogen and oxygen atoms in total. The summed E-state index contributed by atoms with van der Waals surface area (Å²) in [4.78, 5) is 28.9. The van der Waals surface area contributed by atoms with Crippen molar-refractivity contribution in [3.05, 3.63) is 12.7 Å². The number of piperidine rings is 1. The summed E-state index contributed by atoms with van der Waals surface area (Å²) in [5, 5.41) is 7.19. The number of nitrogens with zero attached hydrogens (tertiary/aromatic N) is 4. The Kier molecular flexibility index (Phi) is 5.05. The molecule has 0 saturated carbocycles. The zero-order valence-electron chi connectivity index (χ0n) is 11.4. The van der Waals surface area contributed by atoms with Gasteiger partial charge in [-0.05, 0) is 19.4 Å². The van der Waals surface area contributed by atoms with Crippen LogP contribution in [0, 0.1) is 0 Å². The first-order valence-corrected chi connectivity index (χ1v) is 6.77. The van der Waals surface area contributed by atoms with E-state index in [0.717, 1.165) is 19.4 Å². The predicted molar refractivity (Wildman–Crippen MR) is 71.4 cm³/mol. The van der Waals surface area contributed by atoms with Crippen LogP contribution in [0.15, 0.2) is 12.7 Å². The minimum Gasteiger partial charge on any atom is -0.368 e. The summed E-state index contributed by atoms with van der Waals surface area (Å²) in [5.41, 5.74) is 5.25. The molecule has 1 aliphatic heterocycles. The minimum atomic E-state index is -0.482. The second kappa shape index (κ2) is 6.99. The lowest BCUT2D eigenvalue weighted by molar-refractivity contribution is -0.138. The van der Waals surface area contributed by atoms with Gasteiger partial charge in [0, 0.05) is 19.0 Å². The van der Waals surface area contributed by atoms with Crippen molar-refractivity contribution < 1.29 is 9.59 Å². The number of primary amides is 1. The lowest BCUT2D eigenvalue weighted by atomic mass is 10.1. The molecule has 0 radical (unpaired) electrons. The van der Waals surface area contributed by atoms with Gasteiger partial charge in [0.1, 0.15) is 12.7 Å². The van der Waals surface area contributed by atoms with E-state index in [1.165, 1.54) is 6.33 Å². The van der Waals surface area contributed by atoms with E-state index >= 15 is 0 Å². The van der Waals surface area contributed by atoms with Crippen molar-refractivity contribution in [2.45, 2.75) is 31.8 Å². The van der Waals surface area contributed by atoms with Gasteiger partial charge >= 0.3 is 0 Å². The van der Waals surface area contributed by atoms with Gasteiger partial charge in [0.15, 0.2) is 0 Å². The van der Waals surface area contributed by atoms with Crippen LogP contribution in [0.25, 0.3) is 0 Å². The van der Waals surface area contributed by atoms with Crippen LogP contribution in [-0.2, 0) is 16.1 Å². The lowest BCUT2D eigenvalue weighted by Gasteiger charge is -2.34. The number of amides is 2. The normalized spacial score (nSPS) is 18.7. The highest BCUT2D eigenvalue weighted by Crippen LogP contribution is 2.12. The van der Waals surface area contributed by atoms with Crippen molar-refractivity contribution in [3.8, 4) is 0 Å². The summed E-state index contributed by atoms with van der Waals surface area (Å²) in [6.07, 6.45) is 5.17. The largest absolute Gasteiger partial charge is 0.368 e. The Balaban J connectivity index is 1.93. The first-order valence-electron chi connectivity index (χ1n) is 6.77. The molecule has 1 aromatic rings. The van der Waals surface area contributed by atoms with E-state index in [2.05, 4.69) is 15.4 Å². The number of aryl methyl sites for hydroxylation is 1. The van der Waals surface area contributed by atoms with Crippen molar-refractivity contribution in [1.29, 1.82) is 0 Å². The van der Waals surface area contributed by atoms with Crippen LogP contribution < -0.4 is 11.1 Å². The van der Waals surface area contributed by atoms with Crippen LogP contribution >= 0.6 is 0 Å². The molecular weight excluding hydrogens is 260 g/mol. The molecule has 1 aromatic heterocycles. The number of rotatable bonds is 6. The topological polar surface area (TPSA) is 106 Å². The van der Waals surface area contributed by atoms with E-state index in [4.69, 9.17) is 5.73 Å². The summed E-state index contributed by atoms with van der Waals surface area (Å²) in [5.74, 6) is -0.558. The Labute approximate surface area is 117 Å². The molecule has 1 unspecified atom stereocenters. The van der Waals surface area contributed by atoms with E-state index < -0.39 is 5.91 Å². The summed E-state index contributed by atoms with van der Waals surface area (Å²) in [6.45, 7) is 2.09. The van der Waals surface area contributed by atoms with E-state index in [9.17, 15) is 9.59 Å². The fourth-order valence-corrected chi connectivity index (χ4v) is 2.39. The number of carbonyl (C=O) groups excluding carboxylic acids is 2. The maximum Gasteiger partial charge on any atom is 0.237 e. The number of hydrogen-bond acceptors (Lipinski definition) is 5. The fourth-order valence-electron chi connectivity index (χ4n) is 2.39. The quantitative estimate of drug-likeness (QED) is 0.676. The zero-order chi connectivity index (χ0) is 14.4. The van der Waals surface area contributed by atoms with Crippen molar-refractivity contribution in [1.82, 2.24) is 25.0 Å². The van der Waals surface area contributed by atoms with Gasteiger partial charge in [0.2, 0.25) is 11.8 Å². The van der Waals surface area contributed by atoms with Crippen LogP contribution in [0.5, 0.6) is 0 Å². The Bertz CT molecular complexity index is 441. The SMILES string of the molecule is NC(=O)CN(C(=O)CCn1cncn1)C1CCCNC1. The summed E-state index contributed by atoms with van der Waals surface area (Å²) in [7, 11) is 0. The molecular formula is C12H20N6O2. The molecule has 2 amide bonds. The molecule has 0 aliphatic carbocycles. The Hall–Kier alpha value is -1.96.